The molecule has 0 spiro atoms. The van der Waals surface area contributed by atoms with Gasteiger partial charge >= 0.3 is 0 Å². The molecule has 0 bridgehead atoms. The van der Waals surface area contributed by atoms with Crippen LogP contribution in [0.1, 0.15) is 44.9 Å². The molecule has 3 fully saturated rings. The number of sulfone groups is 1. The van der Waals surface area contributed by atoms with Crippen LogP contribution < -0.4 is 5.32 Å². The standard InChI is InChI=1S/C15H28N2O2S/c18-20(19)10-7-14(12-20)17-9-4-8-16-15(11-17)13-5-2-1-3-6-13/h13-16H,1-12H2. The molecule has 20 heavy (non-hydrogen) atoms. The summed E-state index contributed by atoms with van der Waals surface area (Å²) in [7, 11) is -2.76. The molecule has 2 aliphatic heterocycles. The fraction of sp³-hybridized carbons (Fsp3) is 1.00. The van der Waals surface area contributed by atoms with E-state index in [1.807, 2.05) is 0 Å². The minimum Gasteiger partial charge on any atom is -0.312 e. The fourth-order valence-corrected chi connectivity index (χ4v) is 5.99. The fourth-order valence-electron chi connectivity index (χ4n) is 4.23. The third-order valence-electron chi connectivity index (χ3n) is 5.40. The van der Waals surface area contributed by atoms with Gasteiger partial charge in [0.2, 0.25) is 0 Å². The maximum Gasteiger partial charge on any atom is 0.151 e. The van der Waals surface area contributed by atoms with Crippen molar-refractivity contribution in [2.75, 3.05) is 31.1 Å². The Kier molecular flexibility index (Phi) is 4.68. The zero-order chi connectivity index (χ0) is 14.0. The van der Waals surface area contributed by atoms with E-state index in [4.69, 9.17) is 0 Å². The highest BCUT2D eigenvalue weighted by Gasteiger charge is 2.35. The van der Waals surface area contributed by atoms with Crippen LogP contribution in [0.15, 0.2) is 0 Å². The summed E-state index contributed by atoms with van der Waals surface area (Å²) >= 11 is 0. The van der Waals surface area contributed by atoms with Crippen molar-refractivity contribution in [1.29, 1.82) is 0 Å². The minimum absolute atomic E-state index is 0.283. The average Bonchev–Trinajstić information content (AvgIpc) is 2.67. The van der Waals surface area contributed by atoms with Crippen molar-refractivity contribution in [2.24, 2.45) is 5.92 Å². The van der Waals surface area contributed by atoms with E-state index < -0.39 is 9.84 Å². The van der Waals surface area contributed by atoms with Gasteiger partial charge in [-0.2, -0.15) is 0 Å². The Hall–Kier alpha value is -0.130. The third kappa shape index (κ3) is 3.55. The predicted molar refractivity (Wildman–Crippen MR) is 81.6 cm³/mol. The molecule has 3 aliphatic rings. The smallest absolute Gasteiger partial charge is 0.151 e. The molecule has 2 saturated heterocycles. The lowest BCUT2D eigenvalue weighted by atomic mass is 9.83. The summed E-state index contributed by atoms with van der Waals surface area (Å²) in [6, 6.07) is 0.868. The van der Waals surface area contributed by atoms with Crippen molar-refractivity contribution in [3.63, 3.8) is 0 Å². The Morgan fingerprint density at radius 3 is 2.50 bits per heavy atom. The average molecular weight is 300 g/mol. The zero-order valence-electron chi connectivity index (χ0n) is 12.4. The molecule has 0 amide bonds. The van der Waals surface area contributed by atoms with Gasteiger partial charge in [-0.15, -0.1) is 0 Å². The van der Waals surface area contributed by atoms with E-state index in [0.717, 1.165) is 38.4 Å². The first-order valence-electron chi connectivity index (χ1n) is 8.32. The highest BCUT2D eigenvalue weighted by molar-refractivity contribution is 7.91. The van der Waals surface area contributed by atoms with Gasteiger partial charge in [0.25, 0.3) is 0 Å². The van der Waals surface area contributed by atoms with Crippen molar-refractivity contribution in [1.82, 2.24) is 10.2 Å². The minimum atomic E-state index is -2.76. The SMILES string of the molecule is O=S1(=O)CCC(N2CCCNC(C3CCCCC3)C2)C1. The Bertz CT molecular complexity index is 418. The van der Waals surface area contributed by atoms with E-state index >= 15 is 0 Å². The number of rotatable bonds is 2. The molecule has 2 atom stereocenters. The molecule has 2 unspecified atom stereocenters. The molecule has 0 aromatic heterocycles. The summed E-state index contributed by atoms with van der Waals surface area (Å²) in [6.07, 6.45) is 8.86. The molecule has 0 aromatic rings. The molecule has 5 heteroatoms. The Labute approximate surface area is 123 Å². The highest BCUT2D eigenvalue weighted by atomic mass is 32.2. The van der Waals surface area contributed by atoms with Gasteiger partial charge in [-0.25, -0.2) is 8.42 Å². The molecule has 2 heterocycles. The summed E-state index contributed by atoms with van der Waals surface area (Å²) < 4.78 is 23.4. The quantitative estimate of drug-likeness (QED) is 0.838. The lowest BCUT2D eigenvalue weighted by Crippen LogP contribution is -2.47. The summed E-state index contributed by atoms with van der Waals surface area (Å²) in [4.78, 5) is 2.48. The van der Waals surface area contributed by atoms with Crippen molar-refractivity contribution >= 4 is 9.84 Å². The maximum absolute atomic E-state index is 11.7. The van der Waals surface area contributed by atoms with Gasteiger partial charge < -0.3 is 5.32 Å². The topological polar surface area (TPSA) is 49.4 Å². The van der Waals surface area contributed by atoms with Crippen LogP contribution in [-0.4, -0.2) is 56.5 Å². The first-order chi connectivity index (χ1) is 9.64. The van der Waals surface area contributed by atoms with Crippen LogP contribution in [0.4, 0.5) is 0 Å². The second kappa shape index (κ2) is 6.32. The molecule has 0 radical (unpaired) electrons. The molecule has 1 aliphatic carbocycles. The number of nitrogens with zero attached hydrogens (tertiary/aromatic N) is 1. The van der Waals surface area contributed by atoms with E-state index in [1.54, 1.807) is 0 Å². The normalized spacial score (nSPS) is 36.8. The summed E-state index contributed by atoms with van der Waals surface area (Å²) in [5, 5.41) is 3.73. The molecular formula is C15H28N2O2S. The van der Waals surface area contributed by atoms with Crippen molar-refractivity contribution < 1.29 is 8.42 Å². The van der Waals surface area contributed by atoms with Gasteiger partial charge in [0, 0.05) is 18.6 Å². The van der Waals surface area contributed by atoms with Gasteiger partial charge in [0.15, 0.2) is 9.84 Å². The van der Waals surface area contributed by atoms with Crippen LogP contribution in [0.2, 0.25) is 0 Å². The van der Waals surface area contributed by atoms with Crippen LogP contribution in [0.3, 0.4) is 0 Å². The van der Waals surface area contributed by atoms with E-state index in [2.05, 4.69) is 10.2 Å². The molecule has 3 rings (SSSR count). The van der Waals surface area contributed by atoms with Crippen LogP contribution in [0.5, 0.6) is 0 Å². The van der Waals surface area contributed by atoms with Gasteiger partial charge in [-0.1, -0.05) is 19.3 Å². The molecule has 1 saturated carbocycles. The molecular weight excluding hydrogens is 272 g/mol. The highest BCUT2D eigenvalue weighted by Crippen LogP contribution is 2.29. The summed E-state index contributed by atoms with van der Waals surface area (Å²) in [5.74, 6) is 1.60. The lowest BCUT2D eigenvalue weighted by molar-refractivity contribution is 0.172. The van der Waals surface area contributed by atoms with Crippen LogP contribution in [0, 0.1) is 5.92 Å². The molecule has 116 valence electrons. The van der Waals surface area contributed by atoms with E-state index in [-0.39, 0.29) is 6.04 Å². The monoisotopic (exact) mass is 300 g/mol. The molecule has 1 N–H and O–H groups in total. The first-order valence-corrected chi connectivity index (χ1v) is 10.1. The number of hydrogen-bond acceptors (Lipinski definition) is 4. The van der Waals surface area contributed by atoms with Crippen LogP contribution in [0.25, 0.3) is 0 Å². The van der Waals surface area contributed by atoms with E-state index in [9.17, 15) is 8.42 Å². The van der Waals surface area contributed by atoms with E-state index in [1.165, 1.54) is 32.1 Å². The molecule has 4 nitrogen and oxygen atoms in total. The number of nitrogens with one attached hydrogen (secondary N) is 1. The molecule has 0 aromatic carbocycles. The van der Waals surface area contributed by atoms with Crippen molar-refractivity contribution in [3.05, 3.63) is 0 Å². The van der Waals surface area contributed by atoms with Gasteiger partial charge in [0.05, 0.1) is 11.5 Å². The zero-order valence-corrected chi connectivity index (χ0v) is 13.2. The lowest BCUT2D eigenvalue weighted by Gasteiger charge is -2.34. The second-order valence-corrected chi connectivity index (χ2v) is 9.09. The summed E-state index contributed by atoms with van der Waals surface area (Å²) in [5.41, 5.74) is 0. The largest absolute Gasteiger partial charge is 0.312 e. The number of hydrogen-bond donors (Lipinski definition) is 1. The van der Waals surface area contributed by atoms with Crippen molar-refractivity contribution in [3.8, 4) is 0 Å². The van der Waals surface area contributed by atoms with E-state index in [0.29, 0.717) is 17.5 Å². The Morgan fingerprint density at radius 1 is 1.00 bits per heavy atom. The van der Waals surface area contributed by atoms with Crippen molar-refractivity contribution in [2.45, 2.75) is 57.0 Å². The third-order valence-corrected chi connectivity index (χ3v) is 7.15. The van der Waals surface area contributed by atoms with Crippen LogP contribution in [-0.2, 0) is 9.84 Å². The van der Waals surface area contributed by atoms with Crippen LogP contribution >= 0.6 is 0 Å². The Balaban J connectivity index is 1.63. The van der Waals surface area contributed by atoms with Gasteiger partial charge in [0.1, 0.15) is 0 Å². The van der Waals surface area contributed by atoms with Gasteiger partial charge in [-0.3, -0.25) is 4.90 Å². The summed E-state index contributed by atoms with van der Waals surface area (Å²) in [6.45, 7) is 3.22. The second-order valence-electron chi connectivity index (χ2n) is 6.86. The van der Waals surface area contributed by atoms with Gasteiger partial charge in [-0.05, 0) is 44.7 Å². The Morgan fingerprint density at radius 2 is 1.80 bits per heavy atom. The first kappa shape index (κ1) is 14.8. The predicted octanol–water partition coefficient (Wildman–Crippen LogP) is 1.42. The maximum atomic E-state index is 11.7.